The molecule has 0 fully saturated rings. The van der Waals surface area contributed by atoms with E-state index in [0.717, 1.165) is 6.33 Å². The van der Waals surface area contributed by atoms with Crippen LogP contribution in [0.3, 0.4) is 0 Å². The molecule has 0 aliphatic heterocycles. The standard InChI is InChI=1S/C10H4ClF3N4O2/c11-9-8(18(19)20)10(16-3-15-9)17-7-5(13)1-4(12)2-6(7)14/h1-3H,(H,15,16,17). The molecule has 0 radical (unpaired) electrons. The van der Waals surface area contributed by atoms with Gasteiger partial charge in [-0.3, -0.25) is 10.1 Å². The normalized spacial score (nSPS) is 10.4. The maximum absolute atomic E-state index is 13.4. The van der Waals surface area contributed by atoms with Crippen molar-refractivity contribution in [1.82, 2.24) is 9.97 Å². The van der Waals surface area contributed by atoms with Gasteiger partial charge in [0, 0.05) is 12.1 Å². The van der Waals surface area contributed by atoms with E-state index in [2.05, 4.69) is 15.3 Å². The van der Waals surface area contributed by atoms with Gasteiger partial charge in [-0.25, -0.2) is 23.1 Å². The van der Waals surface area contributed by atoms with Gasteiger partial charge in [0.2, 0.25) is 11.0 Å². The topological polar surface area (TPSA) is 81.0 Å². The highest BCUT2D eigenvalue weighted by molar-refractivity contribution is 6.31. The molecule has 2 rings (SSSR count). The molecule has 0 aliphatic carbocycles. The maximum Gasteiger partial charge on any atom is 0.348 e. The maximum atomic E-state index is 13.4. The Kier molecular flexibility index (Phi) is 3.70. The molecule has 0 saturated carbocycles. The van der Waals surface area contributed by atoms with E-state index in [1.165, 1.54) is 0 Å². The van der Waals surface area contributed by atoms with Gasteiger partial charge in [0.05, 0.1) is 4.92 Å². The predicted molar refractivity (Wildman–Crippen MR) is 63.3 cm³/mol. The molecular formula is C10H4ClF3N4O2. The van der Waals surface area contributed by atoms with Crippen molar-refractivity contribution in [2.45, 2.75) is 0 Å². The van der Waals surface area contributed by atoms with Crippen LogP contribution in [0.4, 0.5) is 30.4 Å². The molecule has 0 aliphatic rings. The fourth-order valence-electron chi connectivity index (χ4n) is 1.39. The lowest BCUT2D eigenvalue weighted by Gasteiger charge is -2.08. The van der Waals surface area contributed by atoms with Crippen molar-refractivity contribution in [3.8, 4) is 0 Å². The molecule has 1 N–H and O–H groups in total. The number of nitrogens with one attached hydrogen (secondary N) is 1. The molecule has 104 valence electrons. The minimum atomic E-state index is -1.27. The van der Waals surface area contributed by atoms with Gasteiger partial charge in [-0.05, 0) is 0 Å². The highest BCUT2D eigenvalue weighted by Crippen LogP contribution is 2.32. The first-order chi connectivity index (χ1) is 9.40. The molecule has 2 aromatic rings. The number of anilines is 2. The number of nitrogens with zero attached hydrogens (tertiary/aromatic N) is 3. The SMILES string of the molecule is O=[N+]([O-])c1c(Cl)ncnc1Nc1c(F)cc(F)cc1F. The zero-order valence-electron chi connectivity index (χ0n) is 9.40. The first-order valence-electron chi connectivity index (χ1n) is 4.96. The Balaban J connectivity index is 2.51. The van der Waals surface area contributed by atoms with E-state index in [4.69, 9.17) is 11.6 Å². The second-order valence-electron chi connectivity index (χ2n) is 3.49. The fourth-order valence-corrected chi connectivity index (χ4v) is 1.59. The molecule has 1 heterocycles. The molecule has 0 unspecified atom stereocenters. The van der Waals surface area contributed by atoms with Gasteiger partial charge in [-0.2, -0.15) is 0 Å². The summed E-state index contributed by atoms with van der Waals surface area (Å²) in [5.74, 6) is -4.18. The smallest absolute Gasteiger partial charge is 0.329 e. The van der Waals surface area contributed by atoms with E-state index < -0.39 is 44.7 Å². The largest absolute Gasteiger partial charge is 0.348 e. The highest BCUT2D eigenvalue weighted by Gasteiger charge is 2.23. The van der Waals surface area contributed by atoms with Crippen LogP contribution in [0.5, 0.6) is 0 Å². The summed E-state index contributed by atoms with van der Waals surface area (Å²) in [6, 6.07) is 0.833. The summed E-state index contributed by atoms with van der Waals surface area (Å²) >= 11 is 5.52. The third-order valence-electron chi connectivity index (χ3n) is 2.21. The van der Waals surface area contributed by atoms with E-state index in [-0.39, 0.29) is 0 Å². The van der Waals surface area contributed by atoms with Crippen molar-refractivity contribution >= 4 is 28.8 Å². The summed E-state index contributed by atoms with van der Waals surface area (Å²) < 4.78 is 39.6. The molecule has 20 heavy (non-hydrogen) atoms. The summed E-state index contributed by atoms with van der Waals surface area (Å²) in [5, 5.41) is 12.4. The van der Waals surface area contributed by atoms with E-state index in [1.807, 2.05) is 0 Å². The molecule has 1 aromatic carbocycles. The number of halogens is 4. The third-order valence-corrected chi connectivity index (χ3v) is 2.49. The number of benzene rings is 1. The minimum absolute atomic E-state index is 0.417. The summed E-state index contributed by atoms with van der Waals surface area (Å²) in [6.45, 7) is 0. The van der Waals surface area contributed by atoms with E-state index in [0.29, 0.717) is 12.1 Å². The van der Waals surface area contributed by atoms with Crippen LogP contribution in [-0.2, 0) is 0 Å². The first-order valence-corrected chi connectivity index (χ1v) is 5.34. The molecule has 0 saturated heterocycles. The van der Waals surface area contributed by atoms with Gasteiger partial charge >= 0.3 is 5.69 Å². The van der Waals surface area contributed by atoms with Crippen molar-refractivity contribution in [3.63, 3.8) is 0 Å². The minimum Gasteiger partial charge on any atom is -0.329 e. The van der Waals surface area contributed by atoms with Crippen LogP contribution in [0.1, 0.15) is 0 Å². The Bertz CT molecular complexity index is 675. The molecule has 6 nitrogen and oxygen atoms in total. The lowest BCUT2D eigenvalue weighted by Crippen LogP contribution is -2.04. The van der Waals surface area contributed by atoms with E-state index >= 15 is 0 Å². The Labute approximate surface area is 114 Å². The Morgan fingerprint density at radius 1 is 1.20 bits per heavy atom. The number of nitro groups is 1. The van der Waals surface area contributed by atoms with Crippen LogP contribution in [0.25, 0.3) is 0 Å². The number of aromatic nitrogens is 2. The van der Waals surface area contributed by atoms with Gasteiger partial charge in [0.25, 0.3) is 0 Å². The lowest BCUT2D eigenvalue weighted by molar-refractivity contribution is -0.384. The molecule has 0 amide bonds. The second-order valence-corrected chi connectivity index (χ2v) is 3.85. The first kappa shape index (κ1) is 14.0. The van der Waals surface area contributed by atoms with Crippen LogP contribution in [0.2, 0.25) is 5.15 Å². The summed E-state index contributed by atoms with van der Waals surface area (Å²) in [7, 11) is 0. The predicted octanol–water partition coefficient (Wildman–Crippen LogP) is 3.20. The van der Waals surface area contributed by atoms with Crippen LogP contribution < -0.4 is 5.32 Å². The third kappa shape index (κ3) is 2.62. The van der Waals surface area contributed by atoms with Crippen LogP contribution >= 0.6 is 11.6 Å². The second kappa shape index (κ2) is 5.29. The van der Waals surface area contributed by atoms with Crippen molar-refractivity contribution in [1.29, 1.82) is 0 Å². The van der Waals surface area contributed by atoms with E-state index in [9.17, 15) is 23.3 Å². The molecule has 0 spiro atoms. The molecule has 0 bridgehead atoms. The Hall–Kier alpha value is -2.42. The zero-order valence-corrected chi connectivity index (χ0v) is 10.2. The molecule has 1 aromatic heterocycles. The van der Waals surface area contributed by atoms with Gasteiger partial charge in [-0.1, -0.05) is 11.6 Å². The van der Waals surface area contributed by atoms with Gasteiger partial charge in [0.15, 0.2) is 11.6 Å². The van der Waals surface area contributed by atoms with Crippen LogP contribution in [0, 0.1) is 27.6 Å². The molecular weight excluding hydrogens is 301 g/mol. The van der Waals surface area contributed by atoms with Crippen LogP contribution in [-0.4, -0.2) is 14.9 Å². The molecule has 10 heteroatoms. The number of hydrogen-bond acceptors (Lipinski definition) is 5. The Morgan fingerprint density at radius 3 is 2.35 bits per heavy atom. The fraction of sp³-hybridized carbons (Fsp3) is 0. The lowest BCUT2D eigenvalue weighted by atomic mass is 10.2. The van der Waals surface area contributed by atoms with Crippen molar-refractivity contribution in [3.05, 3.63) is 51.2 Å². The highest BCUT2D eigenvalue weighted by atomic mass is 35.5. The Morgan fingerprint density at radius 2 is 1.80 bits per heavy atom. The van der Waals surface area contributed by atoms with Gasteiger partial charge in [0.1, 0.15) is 17.8 Å². The summed E-state index contributed by atoms with van der Waals surface area (Å²) in [6.07, 6.45) is 0.872. The average Bonchev–Trinajstić information content (AvgIpc) is 2.33. The van der Waals surface area contributed by atoms with Crippen molar-refractivity contribution in [2.75, 3.05) is 5.32 Å². The monoisotopic (exact) mass is 304 g/mol. The van der Waals surface area contributed by atoms with Gasteiger partial charge in [-0.15, -0.1) is 0 Å². The summed E-state index contributed by atoms with van der Waals surface area (Å²) in [5.41, 5.74) is -1.54. The average molecular weight is 305 g/mol. The van der Waals surface area contributed by atoms with Crippen molar-refractivity contribution in [2.24, 2.45) is 0 Å². The van der Waals surface area contributed by atoms with Gasteiger partial charge < -0.3 is 5.32 Å². The summed E-state index contributed by atoms with van der Waals surface area (Å²) in [4.78, 5) is 16.8. The number of hydrogen-bond donors (Lipinski definition) is 1. The van der Waals surface area contributed by atoms with Crippen molar-refractivity contribution < 1.29 is 18.1 Å². The zero-order chi connectivity index (χ0) is 14.9. The van der Waals surface area contributed by atoms with E-state index in [1.54, 1.807) is 0 Å². The van der Waals surface area contributed by atoms with Crippen LogP contribution in [0.15, 0.2) is 18.5 Å². The molecule has 0 atom stereocenters. The quantitative estimate of drug-likeness (QED) is 0.535. The number of rotatable bonds is 3.